The molecule has 0 spiro atoms. The fourth-order valence-corrected chi connectivity index (χ4v) is 4.98. The average molecular weight is 346 g/mol. The lowest BCUT2D eigenvalue weighted by Crippen LogP contribution is -2.60. The van der Waals surface area contributed by atoms with Gasteiger partial charge in [-0.05, 0) is 56.7 Å². The largest absolute Gasteiger partial charge is 0.462 e. The Morgan fingerprint density at radius 2 is 2.00 bits per heavy atom. The average Bonchev–Trinajstić information content (AvgIpc) is 3.09. The molecule has 0 bridgehead atoms. The number of esters is 1. The quantitative estimate of drug-likeness (QED) is 0.619. The summed E-state index contributed by atoms with van der Waals surface area (Å²) >= 11 is 0. The molecule has 136 valence electrons. The first-order valence-corrected chi connectivity index (χ1v) is 9.57. The second-order valence-corrected chi connectivity index (χ2v) is 7.88. The van der Waals surface area contributed by atoms with Crippen LogP contribution in [0.3, 0.4) is 0 Å². The second-order valence-electron chi connectivity index (χ2n) is 7.88. The highest BCUT2D eigenvalue weighted by Crippen LogP contribution is 2.37. The number of piperidine rings is 2. The molecule has 1 aromatic carbocycles. The summed E-state index contributed by atoms with van der Waals surface area (Å²) in [5.74, 6) is 1.73. The van der Waals surface area contributed by atoms with Crippen LogP contribution in [0.25, 0.3) is 0 Å². The molecule has 2 saturated heterocycles. The maximum Gasteiger partial charge on any atom is 0.338 e. The van der Waals surface area contributed by atoms with Crippen LogP contribution in [0.4, 0.5) is 0 Å². The van der Waals surface area contributed by atoms with Gasteiger partial charge >= 0.3 is 5.97 Å². The molecule has 0 saturated carbocycles. The molecule has 3 aliphatic rings. The number of nitrogens with zero attached hydrogens (tertiary/aromatic N) is 1. The molecule has 1 aromatic rings. The predicted octanol–water partition coefficient (Wildman–Crippen LogP) is 3.37. The standard InChI is InChI=1S/C20H28NO4/c1-21-10-3-2-6-17(21)15(5-4-11-21)9-12-23-20(22)16-7-8-18-19(13-16)25-14-24-18/h7-8,13,15,17H,2-6,9-12,14H2,1H3/q+1/t15-,17-,21-/m1/s1. The molecular formula is C20H28NO4+. The molecule has 0 amide bonds. The van der Waals surface area contributed by atoms with Gasteiger partial charge in [-0.15, -0.1) is 0 Å². The molecule has 3 aliphatic heterocycles. The van der Waals surface area contributed by atoms with Crippen molar-refractivity contribution in [3.05, 3.63) is 23.8 Å². The van der Waals surface area contributed by atoms with Crippen LogP contribution in [0.1, 0.15) is 48.9 Å². The van der Waals surface area contributed by atoms with Crippen LogP contribution in [-0.2, 0) is 4.74 Å². The smallest absolute Gasteiger partial charge is 0.338 e. The van der Waals surface area contributed by atoms with Crippen molar-refractivity contribution in [3.8, 4) is 11.5 Å². The summed E-state index contributed by atoms with van der Waals surface area (Å²) < 4.78 is 17.4. The molecule has 0 N–H and O–H groups in total. The Labute approximate surface area is 149 Å². The topological polar surface area (TPSA) is 44.8 Å². The molecule has 5 heteroatoms. The number of carbonyl (C=O) groups is 1. The van der Waals surface area contributed by atoms with Crippen LogP contribution in [0, 0.1) is 5.92 Å². The molecule has 3 atom stereocenters. The van der Waals surface area contributed by atoms with E-state index >= 15 is 0 Å². The third-order valence-electron chi connectivity index (χ3n) is 6.34. The lowest BCUT2D eigenvalue weighted by Gasteiger charge is -2.51. The Kier molecular flexibility index (Phi) is 4.59. The number of hydrogen-bond acceptors (Lipinski definition) is 4. The number of ether oxygens (including phenoxy) is 3. The first-order valence-electron chi connectivity index (χ1n) is 9.57. The van der Waals surface area contributed by atoms with Crippen LogP contribution in [0.2, 0.25) is 0 Å². The molecular weight excluding hydrogens is 318 g/mol. The van der Waals surface area contributed by atoms with Gasteiger partial charge in [-0.3, -0.25) is 0 Å². The van der Waals surface area contributed by atoms with Crippen molar-refractivity contribution in [2.75, 3.05) is 33.5 Å². The highest BCUT2D eigenvalue weighted by Gasteiger charge is 2.43. The summed E-state index contributed by atoms with van der Waals surface area (Å²) in [4.78, 5) is 12.3. The molecule has 0 aliphatic carbocycles. The van der Waals surface area contributed by atoms with Gasteiger partial charge in [0.25, 0.3) is 0 Å². The zero-order chi connectivity index (χ0) is 17.3. The molecule has 4 rings (SSSR count). The van der Waals surface area contributed by atoms with Gasteiger partial charge in [-0.2, -0.15) is 0 Å². The molecule has 2 fully saturated rings. The Morgan fingerprint density at radius 1 is 1.16 bits per heavy atom. The molecule has 25 heavy (non-hydrogen) atoms. The van der Waals surface area contributed by atoms with Gasteiger partial charge in [0, 0.05) is 5.92 Å². The van der Waals surface area contributed by atoms with Gasteiger partial charge in [-0.25, -0.2) is 4.79 Å². The van der Waals surface area contributed by atoms with Crippen LogP contribution in [0.15, 0.2) is 18.2 Å². The Bertz CT molecular complexity index is 643. The molecule has 0 aromatic heterocycles. The minimum absolute atomic E-state index is 0.216. The predicted molar refractivity (Wildman–Crippen MR) is 93.7 cm³/mol. The molecule has 5 nitrogen and oxygen atoms in total. The second kappa shape index (κ2) is 6.87. The fourth-order valence-electron chi connectivity index (χ4n) is 4.98. The van der Waals surface area contributed by atoms with E-state index < -0.39 is 0 Å². The SMILES string of the molecule is C[N@+]12CCCC[C@@H]1[C@@H](CCOC(=O)c1ccc3c(c1)OCO3)CCC2. The summed E-state index contributed by atoms with van der Waals surface area (Å²) in [5, 5.41) is 0. The van der Waals surface area contributed by atoms with E-state index in [1.165, 1.54) is 49.7 Å². The number of hydrogen-bond donors (Lipinski definition) is 0. The first kappa shape index (κ1) is 16.7. The van der Waals surface area contributed by atoms with E-state index in [0.717, 1.165) is 12.5 Å². The molecule has 3 heterocycles. The van der Waals surface area contributed by atoms with Crippen molar-refractivity contribution in [3.63, 3.8) is 0 Å². The van der Waals surface area contributed by atoms with Gasteiger partial charge in [0.05, 0.1) is 38.3 Å². The third kappa shape index (κ3) is 3.34. The number of rotatable bonds is 4. The zero-order valence-corrected chi connectivity index (χ0v) is 15.0. The summed E-state index contributed by atoms with van der Waals surface area (Å²) in [6.45, 7) is 3.36. The van der Waals surface area contributed by atoms with E-state index in [2.05, 4.69) is 7.05 Å². The number of benzene rings is 1. The minimum atomic E-state index is -0.269. The Hall–Kier alpha value is -1.75. The van der Waals surface area contributed by atoms with Crippen molar-refractivity contribution in [1.29, 1.82) is 0 Å². The van der Waals surface area contributed by atoms with Crippen LogP contribution in [-0.4, -0.2) is 50.0 Å². The fraction of sp³-hybridized carbons (Fsp3) is 0.650. The van der Waals surface area contributed by atoms with Crippen LogP contribution >= 0.6 is 0 Å². The highest BCUT2D eigenvalue weighted by atomic mass is 16.7. The van der Waals surface area contributed by atoms with Gasteiger partial charge in [0.2, 0.25) is 6.79 Å². The number of fused-ring (bicyclic) bond motifs is 2. The van der Waals surface area contributed by atoms with E-state index in [1.54, 1.807) is 18.2 Å². The maximum atomic E-state index is 12.3. The number of quaternary nitrogens is 1. The summed E-state index contributed by atoms with van der Waals surface area (Å²) in [7, 11) is 2.43. The summed E-state index contributed by atoms with van der Waals surface area (Å²) in [6.07, 6.45) is 7.60. The van der Waals surface area contributed by atoms with Gasteiger partial charge < -0.3 is 18.7 Å². The van der Waals surface area contributed by atoms with Crippen molar-refractivity contribution in [2.45, 2.75) is 44.6 Å². The van der Waals surface area contributed by atoms with E-state index in [0.29, 0.717) is 29.6 Å². The Balaban J connectivity index is 1.32. The Morgan fingerprint density at radius 3 is 2.92 bits per heavy atom. The number of carbonyl (C=O) groups excluding carboxylic acids is 1. The molecule has 0 unspecified atom stereocenters. The lowest BCUT2D eigenvalue weighted by atomic mass is 9.80. The summed E-state index contributed by atoms with van der Waals surface area (Å²) in [6, 6.07) is 5.98. The first-order chi connectivity index (χ1) is 12.2. The van der Waals surface area contributed by atoms with E-state index in [1.807, 2.05) is 0 Å². The molecule has 0 radical (unpaired) electrons. The van der Waals surface area contributed by atoms with Crippen molar-refractivity contribution in [1.82, 2.24) is 0 Å². The van der Waals surface area contributed by atoms with Gasteiger partial charge in [-0.1, -0.05) is 0 Å². The third-order valence-corrected chi connectivity index (χ3v) is 6.34. The normalized spacial score (nSPS) is 30.6. The maximum absolute atomic E-state index is 12.3. The zero-order valence-electron chi connectivity index (χ0n) is 15.0. The lowest BCUT2D eigenvalue weighted by molar-refractivity contribution is -0.947. The summed E-state index contributed by atoms with van der Waals surface area (Å²) in [5.41, 5.74) is 0.534. The van der Waals surface area contributed by atoms with E-state index in [9.17, 15) is 4.79 Å². The van der Waals surface area contributed by atoms with Gasteiger partial charge in [0.15, 0.2) is 11.5 Å². The van der Waals surface area contributed by atoms with Crippen molar-refractivity contribution in [2.24, 2.45) is 5.92 Å². The monoisotopic (exact) mass is 346 g/mol. The minimum Gasteiger partial charge on any atom is -0.462 e. The van der Waals surface area contributed by atoms with E-state index in [4.69, 9.17) is 14.2 Å². The van der Waals surface area contributed by atoms with Crippen molar-refractivity contribution >= 4 is 5.97 Å². The van der Waals surface area contributed by atoms with Crippen molar-refractivity contribution < 1.29 is 23.5 Å². The van der Waals surface area contributed by atoms with E-state index in [-0.39, 0.29) is 12.8 Å². The van der Waals surface area contributed by atoms with Crippen LogP contribution in [0.5, 0.6) is 11.5 Å². The van der Waals surface area contributed by atoms with Crippen LogP contribution < -0.4 is 9.47 Å². The highest BCUT2D eigenvalue weighted by molar-refractivity contribution is 5.90. The van der Waals surface area contributed by atoms with Gasteiger partial charge in [0.1, 0.15) is 0 Å².